The minimum atomic E-state index is -0.758. The van der Waals surface area contributed by atoms with Crippen LogP contribution in [-0.2, 0) is 38.1 Å². The van der Waals surface area contributed by atoms with Crippen LogP contribution < -0.4 is 12.4 Å². The molecule has 0 aliphatic carbocycles. The first-order valence-electron chi connectivity index (χ1n) is 8.25. The van der Waals surface area contributed by atoms with Gasteiger partial charge >= 0.3 is 23.9 Å². The number of hydrogen-bond acceptors (Lipinski definition) is 8. The van der Waals surface area contributed by atoms with Crippen molar-refractivity contribution in [2.75, 3.05) is 20.8 Å². The van der Waals surface area contributed by atoms with Gasteiger partial charge in [-0.25, -0.2) is 19.2 Å². The van der Waals surface area contributed by atoms with E-state index < -0.39 is 30.0 Å². The molecule has 0 saturated carbocycles. The van der Waals surface area contributed by atoms with E-state index in [2.05, 4.69) is 9.47 Å². The summed E-state index contributed by atoms with van der Waals surface area (Å²) in [6.45, 7) is 3.85. The second kappa shape index (κ2) is 15.9. The molecule has 9 heteroatoms. The van der Waals surface area contributed by atoms with E-state index >= 15 is 0 Å². The van der Waals surface area contributed by atoms with Crippen LogP contribution in [0.4, 0.5) is 0 Å². The Morgan fingerprint density at radius 1 is 0.778 bits per heavy atom. The van der Waals surface area contributed by atoms with Crippen molar-refractivity contribution in [2.45, 2.75) is 39.2 Å². The predicted octanol–water partition coefficient (Wildman–Crippen LogP) is -1.27. The summed E-state index contributed by atoms with van der Waals surface area (Å²) < 4.78 is 19.0. The van der Waals surface area contributed by atoms with Crippen LogP contribution >= 0.6 is 0 Å². The highest BCUT2D eigenvalue weighted by molar-refractivity contribution is 5.92. The first-order valence-corrected chi connectivity index (χ1v) is 8.25. The fourth-order valence-electron chi connectivity index (χ4n) is 1.98. The maximum Gasteiger partial charge on any atom is 0.331 e. The van der Waals surface area contributed by atoms with Gasteiger partial charge in [-0.15, -0.1) is 0 Å². The summed E-state index contributed by atoms with van der Waals surface area (Å²) in [6.07, 6.45) is 5.33. The number of rotatable bonds is 11. The van der Waals surface area contributed by atoms with E-state index in [1.165, 1.54) is 14.2 Å². The molecule has 0 amide bonds. The van der Waals surface area contributed by atoms with Crippen molar-refractivity contribution in [3.05, 3.63) is 24.3 Å². The summed E-state index contributed by atoms with van der Waals surface area (Å²) in [5.74, 6) is -2.59. The van der Waals surface area contributed by atoms with Crippen LogP contribution in [0.5, 0.6) is 0 Å². The van der Waals surface area contributed by atoms with E-state index in [-0.39, 0.29) is 24.9 Å². The number of hydrogen-bond donors (Lipinski definition) is 0. The van der Waals surface area contributed by atoms with Crippen LogP contribution in [0.3, 0.4) is 0 Å². The molecule has 1 unspecified atom stereocenters. The lowest BCUT2D eigenvalue weighted by atomic mass is 9.96. The Kier molecular flexibility index (Phi) is 15.8. The quantitative estimate of drug-likeness (QED) is 0.238. The number of halogens is 1. The monoisotopic (exact) mass is 405 g/mol. The SMILES string of the molecule is CCC(CC)CC(COC(=O)/C=C/C(=O)OC)OC(=O)/C=C/C(=O)OC.[Cl-]. The van der Waals surface area contributed by atoms with Gasteiger partial charge in [0.05, 0.1) is 14.2 Å². The van der Waals surface area contributed by atoms with E-state index in [4.69, 9.17) is 9.47 Å². The Labute approximate surface area is 165 Å². The Morgan fingerprint density at radius 2 is 1.22 bits per heavy atom. The lowest BCUT2D eigenvalue weighted by molar-refractivity contribution is -0.154. The first kappa shape index (κ1) is 26.9. The summed E-state index contributed by atoms with van der Waals surface area (Å²) in [5.41, 5.74) is 0. The van der Waals surface area contributed by atoms with Gasteiger partial charge in [0.1, 0.15) is 12.7 Å². The van der Waals surface area contributed by atoms with Gasteiger partial charge in [0.2, 0.25) is 0 Å². The second-order valence-corrected chi connectivity index (χ2v) is 5.32. The van der Waals surface area contributed by atoms with E-state index in [1.54, 1.807) is 0 Å². The van der Waals surface area contributed by atoms with Crippen LogP contribution in [0.25, 0.3) is 0 Å². The van der Waals surface area contributed by atoms with Gasteiger partial charge in [-0.05, 0) is 12.3 Å². The standard InChI is InChI=1S/C18H26O8.ClH/c1-5-13(6-2)11-14(26-18(22)10-8-16(20)24-4)12-25-17(21)9-7-15(19)23-3;/h7-10,13-14H,5-6,11-12H2,1-4H3;1H/p-1/b9-7+,10-8+;. The number of carbonyl (C=O) groups is 4. The average Bonchev–Trinajstić information content (AvgIpc) is 2.65. The third kappa shape index (κ3) is 13.5. The molecule has 27 heavy (non-hydrogen) atoms. The Hall–Kier alpha value is -2.35. The van der Waals surface area contributed by atoms with Gasteiger partial charge < -0.3 is 31.4 Å². The fraction of sp³-hybridized carbons (Fsp3) is 0.556. The first-order chi connectivity index (χ1) is 12.4. The van der Waals surface area contributed by atoms with Crippen molar-refractivity contribution < 1.29 is 50.5 Å². The lowest BCUT2D eigenvalue weighted by Gasteiger charge is -2.21. The van der Waals surface area contributed by atoms with Crippen molar-refractivity contribution in [3.8, 4) is 0 Å². The average molecular weight is 406 g/mol. The molecular formula is C18H26ClO8-. The highest BCUT2D eigenvalue weighted by Crippen LogP contribution is 2.17. The molecule has 0 N–H and O–H groups in total. The summed E-state index contributed by atoms with van der Waals surface area (Å²) in [5, 5.41) is 0. The van der Waals surface area contributed by atoms with Crippen LogP contribution in [0.15, 0.2) is 24.3 Å². The molecule has 0 radical (unpaired) electrons. The summed E-state index contributed by atoms with van der Waals surface area (Å²) in [7, 11) is 2.38. The molecular weight excluding hydrogens is 380 g/mol. The minimum absolute atomic E-state index is 0. The zero-order chi connectivity index (χ0) is 19.9. The van der Waals surface area contributed by atoms with Crippen LogP contribution in [-0.4, -0.2) is 50.8 Å². The smallest absolute Gasteiger partial charge is 0.331 e. The van der Waals surface area contributed by atoms with Crippen molar-refractivity contribution in [1.29, 1.82) is 0 Å². The van der Waals surface area contributed by atoms with Gasteiger partial charge in [0, 0.05) is 24.3 Å². The molecule has 0 aromatic carbocycles. The molecule has 1 atom stereocenters. The number of methoxy groups -OCH3 is 2. The predicted molar refractivity (Wildman–Crippen MR) is 91.8 cm³/mol. The maximum absolute atomic E-state index is 11.8. The number of ether oxygens (including phenoxy) is 4. The van der Waals surface area contributed by atoms with E-state index in [0.29, 0.717) is 6.42 Å². The summed E-state index contributed by atoms with van der Waals surface area (Å²) >= 11 is 0. The molecule has 0 aliphatic heterocycles. The molecule has 0 heterocycles. The largest absolute Gasteiger partial charge is 1.00 e. The van der Waals surface area contributed by atoms with Crippen molar-refractivity contribution in [1.82, 2.24) is 0 Å². The zero-order valence-corrected chi connectivity index (χ0v) is 16.7. The van der Waals surface area contributed by atoms with Crippen LogP contribution in [0, 0.1) is 5.92 Å². The lowest BCUT2D eigenvalue weighted by Crippen LogP contribution is -3.00. The molecule has 8 nitrogen and oxygen atoms in total. The van der Waals surface area contributed by atoms with Gasteiger partial charge in [-0.3, -0.25) is 0 Å². The molecule has 0 bridgehead atoms. The Bertz CT molecular complexity index is 537. The van der Waals surface area contributed by atoms with Gasteiger partial charge in [-0.2, -0.15) is 0 Å². The summed E-state index contributed by atoms with van der Waals surface area (Å²) in [4.78, 5) is 45.3. The number of carbonyl (C=O) groups excluding carboxylic acids is 4. The van der Waals surface area contributed by atoms with Crippen LogP contribution in [0.1, 0.15) is 33.1 Å². The van der Waals surface area contributed by atoms with Crippen LogP contribution in [0.2, 0.25) is 0 Å². The van der Waals surface area contributed by atoms with E-state index in [9.17, 15) is 19.2 Å². The Morgan fingerprint density at radius 3 is 1.67 bits per heavy atom. The highest BCUT2D eigenvalue weighted by Gasteiger charge is 2.19. The topological polar surface area (TPSA) is 105 Å². The molecule has 0 aromatic heterocycles. The second-order valence-electron chi connectivity index (χ2n) is 5.32. The molecule has 0 rings (SSSR count). The maximum atomic E-state index is 11.8. The van der Waals surface area contributed by atoms with Crippen molar-refractivity contribution in [2.24, 2.45) is 5.92 Å². The molecule has 0 aliphatic rings. The zero-order valence-electron chi connectivity index (χ0n) is 15.9. The number of esters is 4. The molecule has 0 spiro atoms. The molecule has 154 valence electrons. The molecule has 0 saturated heterocycles. The van der Waals surface area contributed by atoms with Crippen molar-refractivity contribution in [3.63, 3.8) is 0 Å². The van der Waals surface area contributed by atoms with E-state index in [1.807, 2.05) is 13.8 Å². The highest BCUT2D eigenvalue weighted by atomic mass is 35.5. The molecule has 0 fully saturated rings. The third-order valence-corrected chi connectivity index (χ3v) is 3.56. The normalized spacial score (nSPS) is 11.7. The van der Waals surface area contributed by atoms with Gasteiger partial charge in [-0.1, -0.05) is 26.7 Å². The van der Waals surface area contributed by atoms with Crippen molar-refractivity contribution >= 4 is 23.9 Å². The van der Waals surface area contributed by atoms with Gasteiger partial charge in [0.15, 0.2) is 0 Å². The molecule has 0 aromatic rings. The van der Waals surface area contributed by atoms with E-state index in [0.717, 1.165) is 37.1 Å². The fourth-order valence-corrected chi connectivity index (χ4v) is 1.98. The van der Waals surface area contributed by atoms with Gasteiger partial charge in [0.25, 0.3) is 0 Å². The Balaban J connectivity index is 0. The minimum Gasteiger partial charge on any atom is -1.00 e. The third-order valence-electron chi connectivity index (χ3n) is 3.56. The summed E-state index contributed by atoms with van der Waals surface area (Å²) in [6, 6.07) is 0.